The second kappa shape index (κ2) is 8.54. The molecule has 0 aliphatic heterocycles. The van der Waals surface area contributed by atoms with Crippen molar-refractivity contribution in [1.82, 2.24) is 0 Å². The van der Waals surface area contributed by atoms with E-state index in [1.54, 1.807) is 0 Å². The molecule has 1 aromatic carbocycles. The highest BCUT2D eigenvalue weighted by Gasteiger charge is 2.39. The molecule has 0 saturated carbocycles. The lowest BCUT2D eigenvalue weighted by atomic mass is 9.88. The molecule has 0 radical (unpaired) electrons. The Bertz CT molecular complexity index is 507. The third-order valence-electron chi connectivity index (χ3n) is 3.50. The minimum atomic E-state index is -1.90. The smallest absolute Gasteiger partial charge is 0.405 e. The van der Waals surface area contributed by atoms with Gasteiger partial charge in [0.25, 0.3) is 0 Å². The van der Waals surface area contributed by atoms with E-state index in [0.717, 1.165) is 5.10 Å². The molecule has 2 nitrogen and oxygen atoms in total. The number of rotatable bonds is 7. The Balaban J connectivity index is 3.28. The fraction of sp³-hybridized carbons (Fsp3) is 0.500. The maximum absolute atomic E-state index is 6.08. The fourth-order valence-electron chi connectivity index (χ4n) is 2.37. The molecule has 0 saturated heterocycles. The maximum Gasteiger partial charge on any atom is 0.494 e. The molecule has 0 aromatic heterocycles. The van der Waals surface area contributed by atoms with Gasteiger partial charge >= 0.3 is 7.12 Å². The molecular formula is C18H29BO2Si. The lowest BCUT2D eigenvalue weighted by Gasteiger charge is -2.30. The van der Waals surface area contributed by atoms with E-state index >= 15 is 0 Å². The van der Waals surface area contributed by atoms with E-state index in [1.807, 2.05) is 40.7 Å². The van der Waals surface area contributed by atoms with Gasteiger partial charge in [-0.3, -0.25) is 0 Å². The van der Waals surface area contributed by atoms with Crippen molar-refractivity contribution < 1.29 is 9.31 Å². The van der Waals surface area contributed by atoms with E-state index in [4.69, 9.17) is 9.31 Å². The van der Waals surface area contributed by atoms with E-state index in [0.29, 0.717) is 0 Å². The Morgan fingerprint density at radius 3 is 1.95 bits per heavy atom. The summed E-state index contributed by atoms with van der Waals surface area (Å²) in [6.45, 7) is 14.8. The van der Waals surface area contributed by atoms with E-state index in [1.165, 1.54) is 5.19 Å². The average molecular weight is 316 g/mol. The molecule has 0 unspecified atom stereocenters. The summed E-state index contributed by atoms with van der Waals surface area (Å²) in [5, 5.41) is 2.52. The molecule has 0 amide bonds. The molecule has 0 spiro atoms. The maximum atomic E-state index is 6.08. The zero-order valence-electron chi connectivity index (χ0n) is 15.0. The third-order valence-corrected chi connectivity index (χ3v) is 7.00. The van der Waals surface area contributed by atoms with Gasteiger partial charge in [0, 0.05) is 12.2 Å². The highest BCUT2D eigenvalue weighted by molar-refractivity contribution is 7.04. The molecular weight excluding hydrogens is 287 g/mol. The second-order valence-corrected chi connectivity index (χ2v) is 10.9. The summed E-state index contributed by atoms with van der Waals surface area (Å²) in [6.07, 6.45) is 2.18. The monoisotopic (exact) mass is 316 g/mol. The van der Waals surface area contributed by atoms with Crippen molar-refractivity contribution in [3.8, 4) is 0 Å². The molecule has 0 atom stereocenters. The molecule has 0 N–H and O–H groups in total. The fourth-order valence-corrected chi connectivity index (χ4v) is 4.94. The summed E-state index contributed by atoms with van der Waals surface area (Å²) in [4.78, 5) is 0. The van der Waals surface area contributed by atoms with Crippen molar-refractivity contribution in [3.63, 3.8) is 0 Å². The van der Waals surface area contributed by atoms with Gasteiger partial charge < -0.3 is 9.31 Å². The lowest BCUT2D eigenvalue weighted by molar-refractivity contribution is 0.137. The summed E-state index contributed by atoms with van der Waals surface area (Å²) in [6, 6.07) is 10.6. The van der Waals surface area contributed by atoms with Crippen molar-refractivity contribution in [2.75, 3.05) is 0 Å². The van der Waals surface area contributed by atoms with Crippen LogP contribution in [0.15, 0.2) is 47.2 Å². The van der Waals surface area contributed by atoms with Crippen LogP contribution in [0.1, 0.15) is 34.6 Å². The highest BCUT2D eigenvalue weighted by Crippen LogP contribution is 2.20. The van der Waals surface area contributed by atoms with Gasteiger partial charge in [0.05, 0.1) is 0 Å². The Hall–Kier alpha value is -1.06. The van der Waals surface area contributed by atoms with E-state index in [9.17, 15) is 0 Å². The number of allylic oxidation sites excluding steroid dienone is 1. The van der Waals surface area contributed by atoms with Gasteiger partial charge in [0.1, 0.15) is 8.07 Å². The molecule has 22 heavy (non-hydrogen) atoms. The molecule has 1 aromatic rings. The standard InChI is InChI=1S/C18H29BO2Si/c1-8-12-18(19(20-15(2)3)21-16(4)5)22(6,7)17-13-10-9-11-14-17/h8-11,13-16H,1-7H3. The SMILES string of the molecule is CC=C=C(B(OC(C)C)OC(C)C)[Si](C)(C)c1ccccc1. The first kappa shape index (κ1) is 19.0. The third kappa shape index (κ3) is 5.29. The number of benzene rings is 1. The van der Waals surface area contributed by atoms with Crippen molar-refractivity contribution in [2.45, 2.75) is 59.9 Å². The zero-order chi connectivity index (χ0) is 16.8. The topological polar surface area (TPSA) is 18.5 Å². The molecule has 0 aliphatic carbocycles. The summed E-state index contributed by atoms with van der Waals surface area (Å²) < 4.78 is 12.2. The van der Waals surface area contributed by atoms with Crippen molar-refractivity contribution in [3.05, 3.63) is 47.2 Å². The van der Waals surface area contributed by atoms with Crippen LogP contribution in [0, 0.1) is 0 Å². The predicted octanol–water partition coefficient (Wildman–Crippen LogP) is 4.12. The van der Waals surface area contributed by atoms with Gasteiger partial charge in [-0.2, -0.15) is 0 Å². The first-order chi connectivity index (χ1) is 10.3. The van der Waals surface area contributed by atoms with Gasteiger partial charge in [0.15, 0.2) is 0 Å². The Kier molecular flexibility index (Phi) is 7.37. The Morgan fingerprint density at radius 1 is 1.05 bits per heavy atom. The normalized spacial score (nSPS) is 11.5. The zero-order valence-corrected chi connectivity index (χ0v) is 16.0. The largest absolute Gasteiger partial charge is 0.494 e. The van der Waals surface area contributed by atoms with Crippen LogP contribution in [-0.4, -0.2) is 27.4 Å². The minimum Gasteiger partial charge on any atom is -0.405 e. The Morgan fingerprint density at radius 2 is 1.55 bits per heavy atom. The summed E-state index contributed by atoms with van der Waals surface area (Å²) in [5.74, 6) is 0. The van der Waals surface area contributed by atoms with Crippen LogP contribution in [0.2, 0.25) is 13.1 Å². The van der Waals surface area contributed by atoms with Crippen LogP contribution in [0.4, 0.5) is 0 Å². The average Bonchev–Trinajstić information content (AvgIpc) is 2.43. The van der Waals surface area contributed by atoms with Gasteiger partial charge in [-0.05, 0) is 45.8 Å². The van der Waals surface area contributed by atoms with Gasteiger partial charge in [-0.25, -0.2) is 0 Å². The minimum absolute atomic E-state index is 0.109. The van der Waals surface area contributed by atoms with Crippen LogP contribution in [0.3, 0.4) is 0 Å². The second-order valence-electron chi connectivity index (χ2n) is 6.54. The summed E-state index contributed by atoms with van der Waals surface area (Å²) in [5.41, 5.74) is 3.44. The van der Waals surface area contributed by atoms with Crippen molar-refractivity contribution in [2.24, 2.45) is 0 Å². The summed E-state index contributed by atoms with van der Waals surface area (Å²) in [7, 11) is -2.24. The number of hydrogen-bond donors (Lipinski definition) is 0. The molecule has 0 fully saturated rings. The van der Waals surface area contributed by atoms with Gasteiger partial charge in [0.2, 0.25) is 0 Å². The molecule has 0 aliphatic rings. The van der Waals surface area contributed by atoms with Crippen molar-refractivity contribution >= 4 is 20.4 Å². The van der Waals surface area contributed by atoms with Crippen LogP contribution >= 0.6 is 0 Å². The van der Waals surface area contributed by atoms with Gasteiger partial charge in [-0.15, -0.1) is 5.73 Å². The molecule has 4 heteroatoms. The van der Waals surface area contributed by atoms with Crippen LogP contribution < -0.4 is 5.19 Å². The quantitative estimate of drug-likeness (QED) is 0.556. The van der Waals surface area contributed by atoms with Crippen LogP contribution in [0.25, 0.3) is 0 Å². The van der Waals surface area contributed by atoms with E-state index in [2.05, 4.69) is 49.2 Å². The predicted molar refractivity (Wildman–Crippen MR) is 99.0 cm³/mol. The van der Waals surface area contributed by atoms with Gasteiger partial charge in [-0.1, -0.05) is 48.6 Å². The Labute approximate surface area is 137 Å². The van der Waals surface area contributed by atoms with Crippen molar-refractivity contribution in [1.29, 1.82) is 0 Å². The summed E-state index contributed by atoms with van der Waals surface area (Å²) >= 11 is 0. The molecule has 0 bridgehead atoms. The first-order valence-corrected chi connectivity index (χ1v) is 11.1. The van der Waals surface area contributed by atoms with E-state index < -0.39 is 8.07 Å². The van der Waals surface area contributed by atoms with Crippen LogP contribution in [0.5, 0.6) is 0 Å². The molecule has 1 rings (SSSR count). The number of hydrogen-bond acceptors (Lipinski definition) is 2. The van der Waals surface area contributed by atoms with E-state index in [-0.39, 0.29) is 19.3 Å². The first-order valence-electron chi connectivity index (χ1n) is 8.07. The van der Waals surface area contributed by atoms with Crippen LogP contribution in [-0.2, 0) is 9.31 Å². The molecule has 0 heterocycles. The lowest BCUT2D eigenvalue weighted by Crippen LogP contribution is -2.51. The highest BCUT2D eigenvalue weighted by atomic mass is 28.3. The molecule has 120 valence electrons.